The third-order valence-electron chi connectivity index (χ3n) is 1.19. The average molecular weight is 381 g/mol. The highest BCUT2D eigenvalue weighted by Crippen LogP contribution is 2.35. The van der Waals surface area contributed by atoms with Gasteiger partial charge < -0.3 is 5.43 Å². The normalized spacial score (nSPS) is 9.00. The Kier molecular flexibility index (Phi) is 5.76. The van der Waals surface area contributed by atoms with Gasteiger partial charge in [-0.2, -0.15) is 0 Å². The molecular weight excluding hydrogens is 375 g/mol. The largest absolute Gasteiger partial charge is 0.323 e. The van der Waals surface area contributed by atoms with E-state index in [2.05, 4.69) is 53.2 Å². The monoisotopic (exact) mass is 378 g/mol. The van der Waals surface area contributed by atoms with Gasteiger partial charge in [0.05, 0.1) is 10.2 Å². The van der Waals surface area contributed by atoms with Crippen LogP contribution in [0.4, 0.5) is 5.69 Å². The predicted octanol–water partition coefficient (Wildman–Crippen LogP) is 3.68. The maximum absolute atomic E-state index is 5.25. The number of rotatable bonds is 1. The molecule has 0 aliphatic carbocycles. The number of hydrogen-bond donors (Lipinski definition) is 2. The van der Waals surface area contributed by atoms with Crippen LogP contribution in [0.15, 0.2) is 25.6 Å². The fraction of sp³-hybridized carbons (Fsp3) is 0. The van der Waals surface area contributed by atoms with Crippen molar-refractivity contribution in [3.05, 3.63) is 25.6 Å². The Morgan fingerprint density at radius 2 is 1.67 bits per heavy atom. The van der Waals surface area contributed by atoms with Gasteiger partial charge in [-0.3, -0.25) is 5.84 Å². The van der Waals surface area contributed by atoms with Crippen LogP contribution in [0, 0.1) is 0 Å². The molecule has 3 N–H and O–H groups in total. The van der Waals surface area contributed by atoms with Crippen LogP contribution in [0.25, 0.3) is 0 Å². The highest BCUT2D eigenvalue weighted by atomic mass is 79.9. The van der Waals surface area contributed by atoms with E-state index >= 15 is 0 Å². The molecule has 0 bridgehead atoms. The van der Waals surface area contributed by atoms with Crippen LogP contribution in [0.1, 0.15) is 0 Å². The number of nitrogens with one attached hydrogen (secondary N) is 1. The standard InChI is InChI=1S/C6H5Br3N2.ClH/c7-3-1-2-4(11-10)6(9)5(3)8;/h1-2,11H,10H2;1H. The Morgan fingerprint density at radius 1 is 1.08 bits per heavy atom. The number of hydrogen-bond acceptors (Lipinski definition) is 2. The number of nitrogens with two attached hydrogens (primary N) is 1. The Morgan fingerprint density at radius 3 is 2.17 bits per heavy atom. The Hall–Kier alpha value is 0.710. The summed E-state index contributed by atoms with van der Waals surface area (Å²) >= 11 is 10.1. The first-order valence-electron chi connectivity index (χ1n) is 2.77. The van der Waals surface area contributed by atoms with Crippen LogP contribution in [0.2, 0.25) is 0 Å². The van der Waals surface area contributed by atoms with Crippen molar-refractivity contribution in [3.63, 3.8) is 0 Å². The summed E-state index contributed by atoms with van der Waals surface area (Å²) in [5, 5.41) is 0. The Bertz CT molecular complexity index is 280. The summed E-state index contributed by atoms with van der Waals surface area (Å²) < 4.78 is 2.85. The fourth-order valence-corrected chi connectivity index (χ4v) is 2.04. The third kappa shape index (κ3) is 2.60. The minimum atomic E-state index is 0. The maximum atomic E-state index is 5.25. The molecule has 0 atom stereocenters. The number of halogens is 4. The van der Waals surface area contributed by atoms with E-state index < -0.39 is 0 Å². The summed E-state index contributed by atoms with van der Waals surface area (Å²) in [6.45, 7) is 0. The van der Waals surface area contributed by atoms with Crippen molar-refractivity contribution in [2.45, 2.75) is 0 Å². The first kappa shape index (κ1) is 12.7. The summed E-state index contributed by atoms with van der Waals surface area (Å²) in [7, 11) is 0. The lowest BCUT2D eigenvalue weighted by atomic mass is 10.3. The Balaban J connectivity index is 0.00000121. The molecule has 0 aliphatic rings. The number of benzene rings is 1. The van der Waals surface area contributed by atoms with Gasteiger partial charge in [0.1, 0.15) is 0 Å². The van der Waals surface area contributed by atoms with Crippen LogP contribution in [-0.2, 0) is 0 Å². The van der Waals surface area contributed by atoms with Crippen molar-refractivity contribution >= 4 is 65.9 Å². The van der Waals surface area contributed by atoms with Gasteiger partial charge in [-0.05, 0) is 59.9 Å². The quantitative estimate of drug-likeness (QED) is 0.443. The van der Waals surface area contributed by atoms with E-state index in [1.54, 1.807) is 0 Å². The van der Waals surface area contributed by atoms with Gasteiger partial charge in [0.15, 0.2) is 0 Å². The van der Waals surface area contributed by atoms with Crippen molar-refractivity contribution in [2.75, 3.05) is 5.43 Å². The van der Waals surface area contributed by atoms with E-state index in [1.807, 2.05) is 12.1 Å². The summed E-state index contributed by atoms with van der Waals surface area (Å²) in [5.74, 6) is 5.25. The molecule has 0 heterocycles. The van der Waals surface area contributed by atoms with E-state index in [0.29, 0.717) is 0 Å². The molecule has 12 heavy (non-hydrogen) atoms. The molecule has 0 aliphatic heterocycles. The zero-order valence-corrected chi connectivity index (χ0v) is 11.3. The predicted molar refractivity (Wildman–Crippen MR) is 64.6 cm³/mol. The van der Waals surface area contributed by atoms with Gasteiger partial charge in [-0.1, -0.05) is 0 Å². The van der Waals surface area contributed by atoms with E-state index in [0.717, 1.165) is 19.1 Å². The number of hydrazine groups is 1. The summed E-state index contributed by atoms with van der Waals surface area (Å²) in [6.07, 6.45) is 0. The molecule has 0 amide bonds. The molecule has 2 nitrogen and oxygen atoms in total. The lowest BCUT2D eigenvalue weighted by Crippen LogP contribution is -2.07. The molecule has 0 aromatic heterocycles. The summed E-state index contributed by atoms with van der Waals surface area (Å²) in [6, 6.07) is 3.78. The smallest absolute Gasteiger partial charge is 0.0639 e. The van der Waals surface area contributed by atoms with Gasteiger partial charge in [0.25, 0.3) is 0 Å². The molecule has 1 aromatic rings. The number of anilines is 1. The molecule has 0 unspecified atom stereocenters. The first-order valence-corrected chi connectivity index (χ1v) is 5.15. The van der Waals surface area contributed by atoms with Crippen molar-refractivity contribution < 1.29 is 0 Å². The molecule has 0 saturated carbocycles. The van der Waals surface area contributed by atoms with Crippen LogP contribution in [0.5, 0.6) is 0 Å². The second-order valence-corrected chi connectivity index (χ2v) is 4.31. The highest BCUT2D eigenvalue weighted by Gasteiger charge is 2.05. The molecule has 0 fully saturated rings. The molecule has 68 valence electrons. The van der Waals surface area contributed by atoms with Crippen LogP contribution < -0.4 is 11.3 Å². The maximum Gasteiger partial charge on any atom is 0.0639 e. The minimum Gasteiger partial charge on any atom is -0.323 e. The van der Waals surface area contributed by atoms with Gasteiger partial charge in [0, 0.05) is 8.95 Å². The molecule has 1 rings (SSSR count). The van der Waals surface area contributed by atoms with Crippen molar-refractivity contribution in [1.82, 2.24) is 0 Å². The summed E-state index contributed by atoms with van der Waals surface area (Å²) in [4.78, 5) is 0. The molecule has 1 aromatic carbocycles. The Labute approximate surface area is 102 Å². The fourth-order valence-electron chi connectivity index (χ4n) is 0.637. The molecular formula is C6H6Br3ClN2. The minimum absolute atomic E-state index is 0. The zero-order chi connectivity index (χ0) is 8.43. The van der Waals surface area contributed by atoms with Crippen LogP contribution >= 0.6 is 60.2 Å². The molecule has 0 saturated heterocycles. The topological polar surface area (TPSA) is 38.0 Å². The van der Waals surface area contributed by atoms with Crippen LogP contribution in [-0.4, -0.2) is 0 Å². The van der Waals surface area contributed by atoms with Gasteiger partial charge in [-0.25, -0.2) is 0 Å². The van der Waals surface area contributed by atoms with E-state index in [-0.39, 0.29) is 12.4 Å². The lowest BCUT2D eigenvalue weighted by molar-refractivity contribution is 1.33. The lowest BCUT2D eigenvalue weighted by Gasteiger charge is -2.05. The zero-order valence-electron chi connectivity index (χ0n) is 5.77. The van der Waals surface area contributed by atoms with Crippen molar-refractivity contribution in [1.29, 1.82) is 0 Å². The number of nitrogen functional groups attached to an aromatic ring is 1. The molecule has 6 heteroatoms. The van der Waals surface area contributed by atoms with E-state index in [4.69, 9.17) is 5.84 Å². The highest BCUT2D eigenvalue weighted by molar-refractivity contribution is 9.14. The van der Waals surface area contributed by atoms with Gasteiger partial charge in [0.2, 0.25) is 0 Å². The first-order chi connectivity index (χ1) is 5.16. The third-order valence-corrected chi connectivity index (χ3v) is 4.56. The van der Waals surface area contributed by atoms with E-state index in [1.165, 1.54) is 0 Å². The van der Waals surface area contributed by atoms with E-state index in [9.17, 15) is 0 Å². The second-order valence-electron chi connectivity index (χ2n) is 1.87. The average Bonchev–Trinajstić information content (AvgIpc) is 2.01. The van der Waals surface area contributed by atoms with Crippen molar-refractivity contribution in [2.24, 2.45) is 5.84 Å². The molecule has 0 spiro atoms. The second kappa shape index (κ2) is 5.44. The summed E-state index contributed by atoms with van der Waals surface area (Å²) in [5.41, 5.74) is 3.41. The van der Waals surface area contributed by atoms with Gasteiger partial charge >= 0.3 is 0 Å². The van der Waals surface area contributed by atoms with Crippen molar-refractivity contribution in [3.8, 4) is 0 Å². The SMILES string of the molecule is Cl.NNc1ccc(Br)c(Br)c1Br. The molecule has 0 radical (unpaired) electrons. The van der Waals surface area contributed by atoms with Gasteiger partial charge in [-0.15, -0.1) is 12.4 Å². The van der Waals surface area contributed by atoms with Crippen LogP contribution in [0.3, 0.4) is 0 Å².